The molecule has 1 atom stereocenters. The number of likely N-dealkylation sites (N-methyl/N-ethyl adjacent to an activating group) is 1. The van der Waals surface area contributed by atoms with Crippen LogP contribution in [0.4, 0.5) is 0 Å². The van der Waals surface area contributed by atoms with Gasteiger partial charge in [0.15, 0.2) is 0 Å². The van der Waals surface area contributed by atoms with Gasteiger partial charge in [-0.1, -0.05) is 18.2 Å². The molecule has 0 N–H and O–H groups in total. The van der Waals surface area contributed by atoms with Gasteiger partial charge in [-0.2, -0.15) is 5.10 Å². The molecule has 1 aliphatic rings. The minimum Gasteiger partial charge on any atom is -0.379 e. The fourth-order valence-electron chi connectivity index (χ4n) is 3.66. The average Bonchev–Trinajstić information content (AvgIpc) is 2.94. The third kappa shape index (κ3) is 4.48. The summed E-state index contributed by atoms with van der Waals surface area (Å²) in [6.45, 7) is 12.2. The number of hydrogen-bond acceptors (Lipinski definition) is 4. The number of hydrogen-bond donors (Lipinski definition) is 0. The molecule has 136 valence electrons. The van der Waals surface area contributed by atoms with Gasteiger partial charge >= 0.3 is 0 Å². The second-order valence-corrected chi connectivity index (χ2v) is 7.16. The van der Waals surface area contributed by atoms with Crippen LogP contribution >= 0.6 is 0 Å². The van der Waals surface area contributed by atoms with E-state index in [1.165, 1.54) is 16.9 Å². The smallest absolute Gasteiger partial charge is 0.0693 e. The molecule has 0 unspecified atom stereocenters. The number of ether oxygens (including phenoxy) is 1. The van der Waals surface area contributed by atoms with Gasteiger partial charge in [-0.3, -0.25) is 4.90 Å². The van der Waals surface area contributed by atoms with Crippen LogP contribution in [0.25, 0.3) is 5.69 Å². The van der Waals surface area contributed by atoms with E-state index in [0.717, 1.165) is 45.1 Å². The van der Waals surface area contributed by atoms with Crippen molar-refractivity contribution in [3.63, 3.8) is 0 Å². The standard InChI is InChI=1S/C20H30N4O/c1-16-13-17(2)24(21-16)20-8-6-5-7-19(20)15-22(4)14-18(3)23-9-11-25-12-10-23/h5-8,13,18H,9-12,14-15H2,1-4H3/t18-/m1/s1. The van der Waals surface area contributed by atoms with Crippen LogP contribution in [-0.4, -0.2) is 65.5 Å². The minimum atomic E-state index is 0.537. The Morgan fingerprint density at radius 3 is 2.60 bits per heavy atom. The Morgan fingerprint density at radius 2 is 1.92 bits per heavy atom. The van der Waals surface area contributed by atoms with Gasteiger partial charge in [-0.25, -0.2) is 4.68 Å². The predicted molar refractivity (Wildman–Crippen MR) is 101 cm³/mol. The molecule has 0 spiro atoms. The van der Waals surface area contributed by atoms with Crippen LogP contribution in [0.2, 0.25) is 0 Å². The first-order valence-electron chi connectivity index (χ1n) is 9.16. The molecule has 0 radical (unpaired) electrons. The van der Waals surface area contributed by atoms with Gasteiger partial charge < -0.3 is 9.64 Å². The number of aromatic nitrogens is 2. The predicted octanol–water partition coefficient (Wildman–Crippen LogP) is 2.64. The molecule has 3 rings (SSSR count). The zero-order valence-electron chi connectivity index (χ0n) is 15.9. The molecule has 5 heteroatoms. The third-order valence-corrected chi connectivity index (χ3v) is 4.91. The Balaban J connectivity index is 1.69. The van der Waals surface area contributed by atoms with Crippen molar-refractivity contribution < 1.29 is 4.74 Å². The van der Waals surface area contributed by atoms with Gasteiger partial charge in [0.2, 0.25) is 0 Å². The summed E-state index contributed by atoms with van der Waals surface area (Å²) in [5.41, 5.74) is 4.72. The largest absolute Gasteiger partial charge is 0.379 e. The van der Waals surface area contributed by atoms with Crippen molar-refractivity contribution in [1.29, 1.82) is 0 Å². The molecule has 1 saturated heterocycles. The van der Waals surface area contributed by atoms with Crippen LogP contribution in [0.5, 0.6) is 0 Å². The van der Waals surface area contributed by atoms with E-state index >= 15 is 0 Å². The number of rotatable bonds is 6. The van der Waals surface area contributed by atoms with Crippen molar-refractivity contribution >= 4 is 0 Å². The van der Waals surface area contributed by atoms with E-state index in [1.807, 2.05) is 6.92 Å². The SMILES string of the molecule is Cc1cc(C)n(-c2ccccc2CN(C)C[C@@H](C)N2CCOCC2)n1. The normalized spacial score (nSPS) is 17.2. The molecule has 0 amide bonds. The third-order valence-electron chi connectivity index (χ3n) is 4.91. The van der Waals surface area contributed by atoms with Crippen LogP contribution in [0.3, 0.4) is 0 Å². The van der Waals surface area contributed by atoms with E-state index in [2.05, 4.69) is 70.8 Å². The molecule has 1 fully saturated rings. The zero-order valence-corrected chi connectivity index (χ0v) is 15.9. The van der Waals surface area contributed by atoms with Crippen LogP contribution in [0, 0.1) is 13.8 Å². The zero-order chi connectivity index (χ0) is 17.8. The maximum atomic E-state index is 5.46. The summed E-state index contributed by atoms with van der Waals surface area (Å²) in [6.07, 6.45) is 0. The lowest BCUT2D eigenvalue weighted by molar-refractivity contribution is 0.0137. The lowest BCUT2D eigenvalue weighted by Gasteiger charge is -2.34. The molecule has 1 aromatic carbocycles. The average molecular weight is 342 g/mol. The van der Waals surface area contributed by atoms with Crippen molar-refractivity contribution in [1.82, 2.24) is 19.6 Å². The summed E-state index contributed by atoms with van der Waals surface area (Å²) in [5, 5.41) is 4.66. The first-order valence-corrected chi connectivity index (χ1v) is 9.16. The highest BCUT2D eigenvalue weighted by Crippen LogP contribution is 2.18. The number of para-hydroxylation sites is 1. The molecule has 2 heterocycles. The highest BCUT2D eigenvalue weighted by Gasteiger charge is 2.19. The summed E-state index contributed by atoms with van der Waals surface area (Å²) in [5.74, 6) is 0. The number of aryl methyl sites for hydroxylation is 2. The number of benzene rings is 1. The maximum absolute atomic E-state index is 5.46. The van der Waals surface area contributed by atoms with Crippen LogP contribution < -0.4 is 0 Å². The maximum Gasteiger partial charge on any atom is 0.0693 e. The molecular formula is C20H30N4O. The Labute approximate surface area is 151 Å². The first kappa shape index (κ1) is 18.1. The monoisotopic (exact) mass is 342 g/mol. The fraction of sp³-hybridized carbons (Fsp3) is 0.550. The second kappa shape index (κ2) is 8.13. The Bertz CT molecular complexity index is 691. The van der Waals surface area contributed by atoms with E-state index in [0.29, 0.717) is 6.04 Å². The molecule has 25 heavy (non-hydrogen) atoms. The molecule has 0 aliphatic carbocycles. The Hall–Kier alpha value is -1.69. The van der Waals surface area contributed by atoms with Crippen LogP contribution in [-0.2, 0) is 11.3 Å². The Morgan fingerprint density at radius 1 is 1.20 bits per heavy atom. The van der Waals surface area contributed by atoms with Crippen molar-refractivity contribution in [3.8, 4) is 5.69 Å². The molecule has 0 saturated carbocycles. The Kier molecular flexibility index (Phi) is 5.89. The fourth-order valence-corrected chi connectivity index (χ4v) is 3.66. The summed E-state index contributed by atoms with van der Waals surface area (Å²) in [4.78, 5) is 4.93. The first-order chi connectivity index (χ1) is 12.0. The highest BCUT2D eigenvalue weighted by atomic mass is 16.5. The van der Waals surface area contributed by atoms with Gasteiger partial charge in [-0.05, 0) is 45.5 Å². The molecule has 2 aromatic rings. The van der Waals surface area contributed by atoms with E-state index in [9.17, 15) is 0 Å². The lowest BCUT2D eigenvalue weighted by Crippen LogP contribution is -2.46. The number of nitrogens with zero attached hydrogens (tertiary/aromatic N) is 4. The molecule has 1 aliphatic heterocycles. The highest BCUT2D eigenvalue weighted by molar-refractivity contribution is 5.41. The number of morpholine rings is 1. The van der Waals surface area contributed by atoms with Crippen molar-refractivity contribution in [2.24, 2.45) is 0 Å². The summed E-state index contributed by atoms with van der Waals surface area (Å²) < 4.78 is 7.52. The molecular weight excluding hydrogens is 312 g/mol. The molecule has 1 aromatic heterocycles. The molecule has 5 nitrogen and oxygen atoms in total. The van der Waals surface area contributed by atoms with Crippen LogP contribution in [0.15, 0.2) is 30.3 Å². The van der Waals surface area contributed by atoms with Gasteiger partial charge in [0.1, 0.15) is 0 Å². The van der Waals surface area contributed by atoms with Gasteiger partial charge in [0, 0.05) is 37.9 Å². The lowest BCUT2D eigenvalue weighted by atomic mass is 10.1. The van der Waals surface area contributed by atoms with Crippen LogP contribution in [0.1, 0.15) is 23.9 Å². The minimum absolute atomic E-state index is 0.537. The summed E-state index contributed by atoms with van der Waals surface area (Å²) in [6, 6.07) is 11.2. The van der Waals surface area contributed by atoms with Gasteiger partial charge in [-0.15, -0.1) is 0 Å². The summed E-state index contributed by atoms with van der Waals surface area (Å²) >= 11 is 0. The second-order valence-electron chi connectivity index (χ2n) is 7.16. The molecule has 0 bridgehead atoms. The van der Waals surface area contributed by atoms with E-state index in [4.69, 9.17) is 4.74 Å². The topological polar surface area (TPSA) is 33.5 Å². The van der Waals surface area contributed by atoms with E-state index < -0.39 is 0 Å². The van der Waals surface area contributed by atoms with Gasteiger partial charge in [0.25, 0.3) is 0 Å². The van der Waals surface area contributed by atoms with Crippen molar-refractivity contribution in [2.75, 3.05) is 39.9 Å². The summed E-state index contributed by atoms with van der Waals surface area (Å²) in [7, 11) is 2.20. The van der Waals surface area contributed by atoms with E-state index in [-0.39, 0.29) is 0 Å². The van der Waals surface area contributed by atoms with E-state index in [1.54, 1.807) is 0 Å². The van der Waals surface area contributed by atoms with Gasteiger partial charge in [0.05, 0.1) is 24.6 Å². The van der Waals surface area contributed by atoms with Crippen molar-refractivity contribution in [2.45, 2.75) is 33.4 Å². The van der Waals surface area contributed by atoms with Crippen molar-refractivity contribution in [3.05, 3.63) is 47.3 Å². The quantitative estimate of drug-likeness (QED) is 0.808.